The van der Waals surface area contributed by atoms with Gasteiger partial charge in [0, 0.05) is 63.5 Å². The zero-order valence-electron chi connectivity index (χ0n) is 18.7. The van der Waals surface area contributed by atoms with Crippen LogP contribution in [0.3, 0.4) is 0 Å². The fourth-order valence-electron chi connectivity index (χ4n) is 4.70. The van der Waals surface area contributed by atoms with Crippen LogP contribution in [0.15, 0.2) is 51.9 Å². The van der Waals surface area contributed by atoms with E-state index >= 15 is 0 Å². The van der Waals surface area contributed by atoms with Gasteiger partial charge in [-0.15, -0.1) is 0 Å². The minimum atomic E-state index is -3.62. The minimum Gasteiger partial charge on any atom is -0.455 e. The number of fused-ring (bicyclic) bond motifs is 1. The Hall–Kier alpha value is -2.75. The Morgan fingerprint density at radius 2 is 1.76 bits per heavy atom. The second-order valence-corrected chi connectivity index (χ2v) is 10.6. The smallest absolute Gasteiger partial charge is 0.289 e. The molecule has 4 heterocycles. The molecule has 1 amide bonds. The number of pyridine rings is 1. The molecule has 0 spiro atoms. The summed E-state index contributed by atoms with van der Waals surface area (Å²) in [5.74, 6) is 0.108. The van der Waals surface area contributed by atoms with Crippen molar-refractivity contribution in [1.82, 2.24) is 19.1 Å². The first kappa shape index (κ1) is 22.1. The number of benzene rings is 1. The molecule has 0 bridgehead atoms. The summed E-state index contributed by atoms with van der Waals surface area (Å²) >= 11 is 0. The molecule has 2 aliphatic rings. The van der Waals surface area contributed by atoms with Crippen LogP contribution in [0.25, 0.3) is 10.9 Å². The molecule has 5 rings (SSSR count). The first-order valence-corrected chi connectivity index (χ1v) is 12.8. The Morgan fingerprint density at radius 1 is 1.03 bits per heavy atom. The number of furan rings is 1. The van der Waals surface area contributed by atoms with Gasteiger partial charge in [0.15, 0.2) is 5.76 Å². The molecule has 0 saturated carbocycles. The van der Waals surface area contributed by atoms with Crippen LogP contribution in [0.5, 0.6) is 0 Å². The van der Waals surface area contributed by atoms with Gasteiger partial charge in [0.1, 0.15) is 10.7 Å². The van der Waals surface area contributed by atoms with Crippen molar-refractivity contribution in [2.45, 2.75) is 31.2 Å². The van der Waals surface area contributed by atoms with Crippen molar-refractivity contribution in [3.63, 3.8) is 0 Å². The highest BCUT2D eigenvalue weighted by atomic mass is 32.2. The third-order valence-electron chi connectivity index (χ3n) is 6.54. The third-order valence-corrected chi connectivity index (χ3v) is 8.54. The zero-order valence-corrected chi connectivity index (χ0v) is 19.6. The molecule has 3 aromatic rings. The predicted octanol–water partition coefficient (Wildman–Crippen LogP) is 2.88. The molecule has 0 radical (unpaired) electrons. The van der Waals surface area contributed by atoms with Crippen molar-refractivity contribution in [1.29, 1.82) is 0 Å². The van der Waals surface area contributed by atoms with Gasteiger partial charge in [0.25, 0.3) is 5.91 Å². The topological polar surface area (TPSA) is 87.0 Å². The van der Waals surface area contributed by atoms with E-state index in [1.807, 2.05) is 18.3 Å². The zero-order chi connectivity index (χ0) is 23.0. The normalized spacial score (nSPS) is 18.3. The lowest BCUT2D eigenvalue weighted by Crippen LogP contribution is -2.48. The molecule has 0 atom stereocenters. The molecular weight excluding hydrogens is 440 g/mol. The Kier molecular flexibility index (Phi) is 5.94. The van der Waals surface area contributed by atoms with Crippen molar-refractivity contribution in [3.05, 3.63) is 59.7 Å². The lowest BCUT2D eigenvalue weighted by Gasteiger charge is -2.34. The van der Waals surface area contributed by atoms with Crippen molar-refractivity contribution < 1.29 is 17.6 Å². The predicted molar refractivity (Wildman–Crippen MR) is 124 cm³/mol. The number of aryl methyl sites for hydroxylation is 1. The number of hydrogen-bond donors (Lipinski definition) is 0. The quantitative estimate of drug-likeness (QED) is 0.572. The standard InChI is InChI=1S/C24H28N4O4S/c1-18-22(33(30,31)28-10-2-3-11-28)16-21(32-18)24(29)27-14-12-26(13-15-27)17-20-7-4-6-19-8-5-9-25-23(19)20/h4-9,16H,2-3,10-15,17H2,1H3. The van der Waals surface area contributed by atoms with Crippen molar-refractivity contribution in [3.8, 4) is 0 Å². The van der Waals surface area contributed by atoms with Crippen LogP contribution in [0.4, 0.5) is 0 Å². The van der Waals surface area contributed by atoms with Gasteiger partial charge >= 0.3 is 0 Å². The summed E-state index contributed by atoms with van der Waals surface area (Å²) in [5.41, 5.74) is 2.18. The molecule has 9 heteroatoms. The van der Waals surface area contributed by atoms with Gasteiger partial charge in [0.05, 0.1) is 5.52 Å². The van der Waals surface area contributed by atoms with Gasteiger partial charge in [-0.1, -0.05) is 24.3 Å². The Morgan fingerprint density at radius 3 is 2.52 bits per heavy atom. The average molecular weight is 469 g/mol. The number of amides is 1. The maximum Gasteiger partial charge on any atom is 0.289 e. The maximum atomic E-state index is 13.0. The summed E-state index contributed by atoms with van der Waals surface area (Å²) in [6.07, 6.45) is 3.54. The van der Waals surface area contributed by atoms with Crippen LogP contribution in [-0.4, -0.2) is 72.7 Å². The van der Waals surface area contributed by atoms with Crippen molar-refractivity contribution >= 4 is 26.8 Å². The first-order chi connectivity index (χ1) is 15.9. The van der Waals surface area contributed by atoms with Gasteiger partial charge in [-0.2, -0.15) is 4.31 Å². The molecule has 0 N–H and O–H groups in total. The van der Waals surface area contributed by atoms with E-state index in [0.29, 0.717) is 26.2 Å². The molecular formula is C24H28N4O4S. The van der Waals surface area contributed by atoms with Crippen LogP contribution in [0.1, 0.15) is 34.7 Å². The first-order valence-electron chi connectivity index (χ1n) is 11.4. The van der Waals surface area contributed by atoms with E-state index in [1.165, 1.54) is 15.9 Å². The number of rotatable bonds is 5. The van der Waals surface area contributed by atoms with Crippen molar-refractivity contribution in [2.75, 3.05) is 39.3 Å². The number of para-hydroxylation sites is 1. The van der Waals surface area contributed by atoms with Crippen molar-refractivity contribution in [2.24, 2.45) is 0 Å². The largest absolute Gasteiger partial charge is 0.455 e. The fourth-order valence-corrected chi connectivity index (χ4v) is 6.37. The molecule has 0 aliphatic carbocycles. The van der Waals surface area contributed by atoms with E-state index < -0.39 is 10.0 Å². The Labute approximate surface area is 193 Å². The number of aromatic nitrogens is 1. The van der Waals surface area contributed by atoms with E-state index in [1.54, 1.807) is 11.8 Å². The molecule has 2 fully saturated rings. The maximum absolute atomic E-state index is 13.0. The number of sulfonamides is 1. The van der Waals surface area contributed by atoms with E-state index in [2.05, 4.69) is 28.1 Å². The molecule has 2 aliphatic heterocycles. The Balaban J connectivity index is 1.25. The summed E-state index contributed by atoms with van der Waals surface area (Å²) in [7, 11) is -3.62. The molecule has 0 unspecified atom stereocenters. The molecule has 1 aromatic carbocycles. The van der Waals surface area contributed by atoms with E-state index in [-0.39, 0.29) is 22.3 Å². The van der Waals surface area contributed by atoms with Crippen LogP contribution in [0.2, 0.25) is 0 Å². The van der Waals surface area contributed by atoms with Gasteiger partial charge in [-0.05, 0) is 31.4 Å². The molecule has 174 valence electrons. The molecule has 8 nitrogen and oxygen atoms in total. The number of nitrogens with zero attached hydrogens (tertiary/aromatic N) is 4. The van der Waals surface area contributed by atoms with Gasteiger partial charge in [-0.3, -0.25) is 14.7 Å². The van der Waals surface area contributed by atoms with Crippen LogP contribution in [0, 0.1) is 6.92 Å². The van der Waals surface area contributed by atoms with Crippen LogP contribution < -0.4 is 0 Å². The fraction of sp³-hybridized carbons (Fsp3) is 0.417. The van der Waals surface area contributed by atoms with E-state index in [4.69, 9.17) is 4.42 Å². The monoisotopic (exact) mass is 468 g/mol. The number of carbonyl (C=O) groups excluding carboxylic acids is 1. The van der Waals surface area contributed by atoms with Crippen LogP contribution in [-0.2, 0) is 16.6 Å². The number of carbonyl (C=O) groups is 1. The highest BCUT2D eigenvalue weighted by molar-refractivity contribution is 7.89. The third kappa shape index (κ3) is 4.28. The van der Waals surface area contributed by atoms with E-state index in [0.717, 1.165) is 43.4 Å². The summed E-state index contributed by atoms with van der Waals surface area (Å²) in [5, 5.41) is 1.12. The molecule has 33 heavy (non-hydrogen) atoms. The second kappa shape index (κ2) is 8.89. The average Bonchev–Trinajstić information content (AvgIpc) is 3.50. The summed E-state index contributed by atoms with van der Waals surface area (Å²) < 4.78 is 32.9. The van der Waals surface area contributed by atoms with Crippen LogP contribution >= 0.6 is 0 Å². The number of piperazine rings is 1. The lowest BCUT2D eigenvalue weighted by molar-refractivity contribution is 0.0597. The minimum absolute atomic E-state index is 0.0944. The second-order valence-electron chi connectivity index (χ2n) is 8.70. The number of hydrogen-bond acceptors (Lipinski definition) is 6. The SMILES string of the molecule is Cc1oc(C(=O)N2CCN(Cc3cccc4cccnc34)CC2)cc1S(=O)(=O)N1CCCC1. The highest BCUT2D eigenvalue weighted by Crippen LogP contribution is 2.27. The van der Waals surface area contributed by atoms with Gasteiger partial charge in [0.2, 0.25) is 10.0 Å². The van der Waals surface area contributed by atoms with E-state index in [9.17, 15) is 13.2 Å². The highest BCUT2D eigenvalue weighted by Gasteiger charge is 2.33. The lowest BCUT2D eigenvalue weighted by atomic mass is 10.1. The Bertz CT molecular complexity index is 1270. The summed E-state index contributed by atoms with van der Waals surface area (Å²) in [4.78, 5) is 21.7. The van der Waals surface area contributed by atoms with Gasteiger partial charge in [-0.25, -0.2) is 8.42 Å². The molecule has 2 saturated heterocycles. The van der Waals surface area contributed by atoms with Gasteiger partial charge < -0.3 is 9.32 Å². The summed E-state index contributed by atoms with van der Waals surface area (Å²) in [6, 6.07) is 11.6. The molecule has 2 aromatic heterocycles. The summed E-state index contributed by atoms with van der Waals surface area (Å²) in [6.45, 7) is 6.00.